The van der Waals surface area contributed by atoms with E-state index in [2.05, 4.69) is 9.97 Å². The Morgan fingerprint density at radius 2 is 2.09 bits per heavy atom. The number of Topliss-reactive ketones (excluding diaryl/α,β-unsaturated/α-hetero) is 1. The fourth-order valence-electron chi connectivity index (χ4n) is 2.15. The van der Waals surface area contributed by atoms with Gasteiger partial charge >= 0.3 is 0 Å². The largest absolute Gasteiger partial charge is 0.293 e. The summed E-state index contributed by atoms with van der Waals surface area (Å²) in [6.07, 6.45) is 3.00. The Bertz CT molecular complexity index is 868. The molecule has 1 aromatic carbocycles. The summed E-state index contributed by atoms with van der Waals surface area (Å²) in [6, 6.07) is 6.87. The molecule has 2 heterocycles. The highest BCUT2D eigenvalue weighted by Gasteiger charge is 2.32. The van der Waals surface area contributed by atoms with Gasteiger partial charge in [-0.1, -0.05) is 35.5 Å². The molecule has 1 unspecified atom stereocenters. The third-order valence-corrected chi connectivity index (χ3v) is 5.66. The first-order valence-electron chi connectivity index (χ1n) is 6.37. The number of nitrogens with zero attached hydrogens (tertiary/aromatic N) is 2. The van der Waals surface area contributed by atoms with Gasteiger partial charge in [0.1, 0.15) is 5.03 Å². The molecule has 3 rings (SSSR count). The standard InChI is InChI=1S/C14H11ClN2O3S2/c1-22(19,20)14-16-7-8-6-11(21-13(8)17-14)12(18)9-4-2-3-5-10(9)15/h2-5,7,11H,6H2,1H3. The van der Waals surface area contributed by atoms with Crippen LogP contribution in [0.2, 0.25) is 5.02 Å². The predicted molar refractivity (Wildman–Crippen MR) is 84.3 cm³/mol. The van der Waals surface area contributed by atoms with Gasteiger partial charge in [-0.3, -0.25) is 4.79 Å². The Balaban J connectivity index is 1.89. The van der Waals surface area contributed by atoms with Crippen LogP contribution in [0.5, 0.6) is 0 Å². The van der Waals surface area contributed by atoms with E-state index in [-0.39, 0.29) is 16.2 Å². The number of benzene rings is 1. The molecule has 5 nitrogen and oxygen atoms in total. The first-order valence-corrected chi connectivity index (χ1v) is 9.52. The van der Waals surface area contributed by atoms with Crippen molar-refractivity contribution in [3.8, 4) is 0 Å². The number of carbonyl (C=O) groups is 1. The summed E-state index contributed by atoms with van der Waals surface area (Å²) < 4.78 is 23.0. The van der Waals surface area contributed by atoms with Crippen LogP contribution in [0.4, 0.5) is 0 Å². The van der Waals surface area contributed by atoms with Gasteiger partial charge in [0, 0.05) is 23.6 Å². The molecule has 0 fully saturated rings. The van der Waals surface area contributed by atoms with Gasteiger partial charge in [-0.05, 0) is 18.6 Å². The molecule has 22 heavy (non-hydrogen) atoms. The minimum atomic E-state index is -3.46. The average molecular weight is 355 g/mol. The van der Waals surface area contributed by atoms with E-state index in [1.807, 2.05) is 0 Å². The fourth-order valence-corrected chi connectivity index (χ4v) is 4.13. The smallest absolute Gasteiger partial charge is 0.247 e. The van der Waals surface area contributed by atoms with E-state index in [9.17, 15) is 13.2 Å². The van der Waals surface area contributed by atoms with Crippen molar-refractivity contribution in [1.29, 1.82) is 0 Å². The Morgan fingerprint density at radius 1 is 1.36 bits per heavy atom. The summed E-state index contributed by atoms with van der Waals surface area (Å²) in [6.45, 7) is 0. The SMILES string of the molecule is CS(=O)(=O)c1ncc2c(n1)SC(C(=O)c1ccccc1Cl)C2. The van der Waals surface area contributed by atoms with Crippen LogP contribution in [0.1, 0.15) is 15.9 Å². The minimum Gasteiger partial charge on any atom is -0.293 e. The van der Waals surface area contributed by atoms with E-state index in [4.69, 9.17) is 11.6 Å². The number of rotatable bonds is 3. The lowest BCUT2D eigenvalue weighted by Crippen LogP contribution is -2.16. The monoisotopic (exact) mass is 354 g/mol. The maximum atomic E-state index is 12.5. The molecule has 0 saturated carbocycles. The summed E-state index contributed by atoms with van der Waals surface area (Å²) in [5, 5.41) is 0.372. The Kier molecular flexibility index (Phi) is 3.96. The third kappa shape index (κ3) is 2.88. The quantitative estimate of drug-likeness (QED) is 0.478. The highest BCUT2D eigenvalue weighted by molar-refractivity contribution is 8.01. The van der Waals surface area contributed by atoms with Crippen LogP contribution in [0, 0.1) is 0 Å². The number of thioether (sulfide) groups is 1. The van der Waals surface area contributed by atoms with Crippen molar-refractivity contribution in [2.45, 2.75) is 21.9 Å². The van der Waals surface area contributed by atoms with Crippen LogP contribution in [0.3, 0.4) is 0 Å². The molecule has 0 radical (unpaired) electrons. The van der Waals surface area contributed by atoms with Crippen molar-refractivity contribution < 1.29 is 13.2 Å². The van der Waals surface area contributed by atoms with Crippen LogP contribution < -0.4 is 0 Å². The number of hydrogen-bond acceptors (Lipinski definition) is 6. The molecule has 0 N–H and O–H groups in total. The normalized spacial score (nSPS) is 17.3. The van der Waals surface area contributed by atoms with Crippen molar-refractivity contribution in [2.75, 3.05) is 6.26 Å². The molecular formula is C14H11ClN2O3S2. The van der Waals surface area contributed by atoms with Crippen LogP contribution in [0.15, 0.2) is 40.6 Å². The molecule has 2 aromatic rings. The van der Waals surface area contributed by atoms with Crippen molar-refractivity contribution in [1.82, 2.24) is 9.97 Å². The zero-order chi connectivity index (χ0) is 15.9. The molecule has 0 spiro atoms. The molecule has 1 atom stereocenters. The van der Waals surface area contributed by atoms with Gasteiger partial charge < -0.3 is 0 Å². The van der Waals surface area contributed by atoms with Gasteiger partial charge in [0.05, 0.1) is 10.3 Å². The summed E-state index contributed by atoms with van der Waals surface area (Å²) in [5.74, 6) is -0.0884. The Labute approximate surface area is 137 Å². The van der Waals surface area contributed by atoms with E-state index in [1.54, 1.807) is 24.3 Å². The van der Waals surface area contributed by atoms with Gasteiger partial charge in [0.2, 0.25) is 15.0 Å². The second-order valence-corrected chi connectivity index (χ2v) is 8.42. The average Bonchev–Trinajstić information content (AvgIpc) is 2.89. The second-order valence-electron chi connectivity index (χ2n) is 4.91. The molecule has 8 heteroatoms. The number of ketones is 1. The fraction of sp³-hybridized carbons (Fsp3) is 0.214. The maximum Gasteiger partial charge on any atom is 0.247 e. The number of carbonyl (C=O) groups excluding carboxylic acids is 1. The topological polar surface area (TPSA) is 77.0 Å². The lowest BCUT2D eigenvalue weighted by atomic mass is 10.0. The number of hydrogen-bond donors (Lipinski definition) is 0. The first-order chi connectivity index (χ1) is 10.4. The molecular weight excluding hydrogens is 344 g/mol. The molecule has 0 saturated heterocycles. The molecule has 0 amide bonds. The zero-order valence-corrected chi connectivity index (χ0v) is 13.9. The number of aromatic nitrogens is 2. The lowest BCUT2D eigenvalue weighted by Gasteiger charge is -2.08. The lowest BCUT2D eigenvalue weighted by molar-refractivity contribution is 0.0990. The van der Waals surface area contributed by atoms with Gasteiger partial charge in [-0.15, -0.1) is 0 Å². The van der Waals surface area contributed by atoms with E-state index in [1.165, 1.54) is 18.0 Å². The van der Waals surface area contributed by atoms with Crippen LogP contribution in [-0.2, 0) is 16.3 Å². The summed E-state index contributed by atoms with van der Waals surface area (Å²) in [7, 11) is -3.46. The summed E-state index contributed by atoms with van der Waals surface area (Å²) in [4.78, 5) is 20.5. The molecule has 1 aromatic heterocycles. The highest BCUT2D eigenvalue weighted by atomic mass is 35.5. The molecule has 0 aliphatic carbocycles. The van der Waals surface area contributed by atoms with Gasteiger partial charge in [0.15, 0.2) is 5.78 Å². The number of halogens is 1. The van der Waals surface area contributed by atoms with E-state index >= 15 is 0 Å². The molecule has 1 aliphatic rings. The summed E-state index contributed by atoms with van der Waals surface area (Å²) >= 11 is 7.31. The van der Waals surface area contributed by atoms with Gasteiger partial charge in [0.25, 0.3) is 0 Å². The van der Waals surface area contributed by atoms with E-state index in [0.717, 1.165) is 11.8 Å². The molecule has 1 aliphatic heterocycles. The highest BCUT2D eigenvalue weighted by Crippen LogP contribution is 2.37. The summed E-state index contributed by atoms with van der Waals surface area (Å²) in [5.41, 5.74) is 1.24. The van der Waals surface area contributed by atoms with Crippen molar-refractivity contribution in [2.24, 2.45) is 0 Å². The number of fused-ring (bicyclic) bond motifs is 1. The van der Waals surface area contributed by atoms with Crippen molar-refractivity contribution >= 4 is 39.0 Å². The van der Waals surface area contributed by atoms with Crippen molar-refractivity contribution in [3.63, 3.8) is 0 Å². The van der Waals surface area contributed by atoms with Gasteiger partial charge in [-0.2, -0.15) is 0 Å². The van der Waals surface area contributed by atoms with Gasteiger partial charge in [-0.25, -0.2) is 18.4 Å². The zero-order valence-electron chi connectivity index (χ0n) is 11.5. The maximum absolute atomic E-state index is 12.5. The molecule has 0 bridgehead atoms. The Hall–Kier alpha value is -1.44. The van der Waals surface area contributed by atoms with Crippen LogP contribution >= 0.6 is 23.4 Å². The Morgan fingerprint density at radius 3 is 2.77 bits per heavy atom. The third-order valence-electron chi connectivity index (χ3n) is 3.23. The van der Waals surface area contributed by atoms with Crippen LogP contribution in [0.25, 0.3) is 0 Å². The molecule has 114 valence electrons. The van der Waals surface area contributed by atoms with Crippen LogP contribution in [-0.4, -0.2) is 35.7 Å². The number of sulfone groups is 1. The van der Waals surface area contributed by atoms with E-state index in [0.29, 0.717) is 22.0 Å². The first kappa shape index (κ1) is 15.5. The van der Waals surface area contributed by atoms with E-state index < -0.39 is 9.84 Å². The minimum absolute atomic E-state index is 0.0884. The van der Waals surface area contributed by atoms with Crippen molar-refractivity contribution in [3.05, 3.63) is 46.6 Å². The second kappa shape index (κ2) is 5.64. The predicted octanol–water partition coefficient (Wildman–Crippen LogP) is 2.43.